The smallest absolute Gasteiger partial charge is 0.0822 e. The molecule has 0 aromatic heterocycles. The van der Waals surface area contributed by atoms with E-state index in [-0.39, 0.29) is 6.61 Å². The number of benzene rings is 2. The van der Waals surface area contributed by atoms with Crippen LogP contribution < -0.4 is 0 Å². The van der Waals surface area contributed by atoms with Gasteiger partial charge in [0.25, 0.3) is 0 Å². The van der Waals surface area contributed by atoms with Gasteiger partial charge in [0.05, 0.1) is 6.61 Å². The number of aryl methyl sites for hydroxylation is 1. The summed E-state index contributed by atoms with van der Waals surface area (Å²) < 4.78 is 0. The van der Waals surface area contributed by atoms with Gasteiger partial charge in [-0.15, -0.1) is 0 Å². The van der Waals surface area contributed by atoms with Gasteiger partial charge in [-0.05, 0) is 35.6 Å². The molecule has 0 fully saturated rings. The van der Waals surface area contributed by atoms with Crippen LogP contribution in [0.25, 0.3) is 10.8 Å². The van der Waals surface area contributed by atoms with E-state index in [1.165, 1.54) is 29.2 Å². The van der Waals surface area contributed by atoms with Crippen molar-refractivity contribution in [3.05, 3.63) is 48.0 Å². The molecule has 0 atom stereocenters. The molecule has 0 aliphatic carbocycles. The molecule has 1 heteroatoms. The molecule has 0 heterocycles. The Kier molecular flexibility index (Phi) is 4.57. The van der Waals surface area contributed by atoms with Gasteiger partial charge in [0.1, 0.15) is 0 Å². The molecular formula is C16H19O. The summed E-state index contributed by atoms with van der Waals surface area (Å²) in [6.45, 7) is 0.0776. The van der Waals surface area contributed by atoms with Gasteiger partial charge in [0, 0.05) is 0 Å². The number of hydrogen-bond acceptors (Lipinski definition) is 0. The first-order chi connectivity index (χ1) is 8.42. The van der Waals surface area contributed by atoms with Crippen LogP contribution in [0.2, 0.25) is 0 Å². The Labute approximate surface area is 103 Å². The molecule has 0 N–H and O–H groups in total. The quantitative estimate of drug-likeness (QED) is 0.653. The van der Waals surface area contributed by atoms with Crippen molar-refractivity contribution in [2.45, 2.75) is 32.1 Å². The summed E-state index contributed by atoms with van der Waals surface area (Å²) in [5, 5.41) is 13.0. The van der Waals surface area contributed by atoms with Gasteiger partial charge in [-0.1, -0.05) is 55.3 Å². The van der Waals surface area contributed by atoms with Crippen molar-refractivity contribution in [2.75, 3.05) is 6.61 Å². The molecule has 89 valence electrons. The lowest BCUT2D eigenvalue weighted by molar-refractivity contribution is 0.186. The zero-order valence-corrected chi connectivity index (χ0v) is 10.2. The minimum Gasteiger partial charge on any atom is -0.237 e. The standard InChI is InChI=1S/C16H19O/c17-13-6-2-1-3-8-14-10-7-11-15-9-4-5-12-16(14)15/h4-5,7,9-12H,1-3,6,8,13H2. The fraction of sp³-hybridized carbons (Fsp3) is 0.375. The molecule has 2 aromatic rings. The Hall–Kier alpha value is -1.34. The second-order valence-corrected chi connectivity index (χ2v) is 4.51. The van der Waals surface area contributed by atoms with E-state index in [0.29, 0.717) is 0 Å². The Morgan fingerprint density at radius 1 is 0.765 bits per heavy atom. The van der Waals surface area contributed by atoms with Crippen molar-refractivity contribution in [1.29, 1.82) is 0 Å². The maximum Gasteiger partial charge on any atom is 0.0822 e. The van der Waals surface area contributed by atoms with Crippen LogP contribution >= 0.6 is 0 Å². The van der Waals surface area contributed by atoms with E-state index in [1.54, 1.807) is 0 Å². The third kappa shape index (κ3) is 3.31. The van der Waals surface area contributed by atoms with E-state index in [1.807, 2.05) is 0 Å². The predicted molar refractivity (Wildman–Crippen MR) is 71.7 cm³/mol. The summed E-state index contributed by atoms with van der Waals surface area (Å²) in [6, 6.07) is 15.1. The summed E-state index contributed by atoms with van der Waals surface area (Å²) in [5.41, 5.74) is 1.44. The molecule has 1 radical (unpaired) electrons. The first-order valence-electron chi connectivity index (χ1n) is 6.46. The van der Waals surface area contributed by atoms with Crippen molar-refractivity contribution >= 4 is 10.8 Å². The van der Waals surface area contributed by atoms with Crippen LogP contribution in [0.15, 0.2) is 42.5 Å². The largest absolute Gasteiger partial charge is 0.237 e. The van der Waals surface area contributed by atoms with E-state index in [2.05, 4.69) is 42.5 Å². The molecular weight excluding hydrogens is 208 g/mol. The predicted octanol–water partition coefficient (Wildman–Crippen LogP) is 4.37. The monoisotopic (exact) mass is 227 g/mol. The molecule has 0 unspecified atom stereocenters. The number of hydrogen-bond donors (Lipinski definition) is 0. The maximum atomic E-state index is 10.3. The average Bonchev–Trinajstić information content (AvgIpc) is 2.39. The van der Waals surface area contributed by atoms with E-state index in [9.17, 15) is 5.11 Å². The lowest BCUT2D eigenvalue weighted by atomic mass is 9.99. The summed E-state index contributed by atoms with van der Waals surface area (Å²) in [5.74, 6) is 0. The van der Waals surface area contributed by atoms with Gasteiger partial charge in [0.15, 0.2) is 0 Å². The summed E-state index contributed by atoms with van der Waals surface area (Å²) in [4.78, 5) is 0. The minimum absolute atomic E-state index is 0.0776. The maximum absolute atomic E-state index is 10.3. The molecule has 1 nitrogen and oxygen atoms in total. The van der Waals surface area contributed by atoms with Gasteiger partial charge < -0.3 is 0 Å². The van der Waals surface area contributed by atoms with E-state index >= 15 is 0 Å². The third-order valence-electron chi connectivity index (χ3n) is 3.22. The Morgan fingerprint density at radius 3 is 2.41 bits per heavy atom. The Balaban J connectivity index is 1.98. The molecule has 17 heavy (non-hydrogen) atoms. The highest BCUT2D eigenvalue weighted by atomic mass is 16.2. The minimum atomic E-state index is 0.0776. The van der Waals surface area contributed by atoms with Crippen LogP contribution in [0, 0.1) is 0 Å². The molecule has 0 amide bonds. The number of fused-ring (bicyclic) bond motifs is 1. The topological polar surface area (TPSA) is 19.9 Å². The average molecular weight is 227 g/mol. The van der Waals surface area contributed by atoms with Gasteiger partial charge >= 0.3 is 0 Å². The second kappa shape index (κ2) is 6.41. The Morgan fingerprint density at radius 2 is 1.53 bits per heavy atom. The van der Waals surface area contributed by atoms with Crippen LogP contribution in [0.5, 0.6) is 0 Å². The zero-order chi connectivity index (χ0) is 11.9. The third-order valence-corrected chi connectivity index (χ3v) is 3.22. The summed E-state index contributed by atoms with van der Waals surface area (Å²) in [7, 11) is 0. The van der Waals surface area contributed by atoms with Crippen LogP contribution in [-0.2, 0) is 11.5 Å². The first-order valence-corrected chi connectivity index (χ1v) is 6.46. The highest BCUT2D eigenvalue weighted by Gasteiger charge is 1.99. The van der Waals surface area contributed by atoms with Crippen molar-refractivity contribution in [3.63, 3.8) is 0 Å². The second-order valence-electron chi connectivity index (χ2n) is 4.51. The molecule has 0 saturated carbocycles. The van der Waals surface area contributed by atoms with Gasteiger partial charge in [-0.2, -0.15) is 0 Å². The summed E-state index contributed by atoms with van der Waals surface area (Å²) in [6.07, 6.45) is 5.39. The highest BCUT2D eigenvalue weighted by Crippen LogP contribution is 2.20. The molecule has 2 aromatic carbocycles. The number of unbranched alkanes of at least 4 members (excludes halogenated alkanes) is 3. The molecule has 0 aliphatic heterocycles. The van der Waals surface area contributed by atoms with Gasteiger partial charge in [-0.3, -0.25) is 0 Å². The van der Waals surface area contributed by atoms with Crippen molar-refractivity contribution < 1.29 is 5.11 Å². The van der Waals surface area contributed by atoms with Crippen LogP contribution in [-0.4, -0.2) is 6.61 Å². The van der Waals surface area contributed by atoms with Gasteiger partial charge in [0.2, 0.25) is 0 Å². The molecule has 0 saturated heterocycles. The van der Waals surface area contributed by atoms with E-state index < -0.39 is 0 Å². The Bertz CT molecular complexity index is 457. The molecule has 0 bridgehead atoms. The normalized spacial score (nSPS) is 10.9. The van der Waals surface area contributed by atoms with Crippen molar-refractivity contribution in [2.24, 2.45) is 0 Å². The van der Waals surface area contributed by atoms with Gasteiger partial charge in [-0.25, -0.2) is 5.11 Å². The fourth-order valence-electron chi connectivity index (χ4n) is 2.28. The van der Waals surface area contributed by atoms with Crippen LogP contribution in [0.4, 0.5) is 0 Å². The van der Waals surface area contributed by atoms with Crippen molar-refractivity contribution in [1.82, 2.24) is 0 Å². The SMILES string of the molecule is [O]CCCCCCc1cccc2ccccc12. The van der Waals surface area contributed by atoms with Crippen molar-refractivity contribution in [3.8, 4) is 0 Å². The first kappa shape index (κ1) is 12.1. The van der Waals surface area contributed by atoms with E-state index in [4.69, 9.17) is 0 Å². The summed E-state index contributed by atoms with van der Waals surface area (Å²) >= 11 is 0. The fourth-order valence-corrected chi connectivity index (χ4v) is 2.28. The molecule has 0 aliphatic rings. The van der Waals surface area contributed by atoms with Crippen LogP contribution in [0.3, 0.4) is 0 Å². The van der Waals surface area contributed by atoms with E-state index in [0.717, 1.165) is 19.3 Å². The van der Waals surface area contributed by atoms with Crippen LogP contribution in [0.1, 0.15) is 31.2 Å². The lowest BCUT2D eigenvalue weighted by Crippen LogP contribution is -1.89. The molecule has 2 rings (SSSR count). The molecule has 0 spiro atoms. The lowest BCUT2D eigenvalue weighted by Gasteiger charge is -2.06. The number of rotatable bonds is 6. The zero-order valence-electron chi connectivity index (χ0n) is 10.2. The highest BCUT2D eigenvalue weighted by molar-refractivity contribution is 5.85.